The maximum absolute atomic E-state index is 12.4. The van der Waals surface area contributed by atoms with Crippen LogP contribution in [0.2, 0.25) is 0 Å². The van der Waals surface area contributed by atoms with Gasteiger partial charge in [-0.3, -0.25) is 4.79 Å². The van der Waals surface area contributed by atoms with Gasteiger partial charge in [-0.05, 0) is 30.0 Å². The Balaban J connectivity index is 2.06. The highest BCUT2D eigenvalue weighted by molar-refractivity contribution is 6.17. The van der Waals surface area contributed by atoms with Crippen LogP contribution in [0.1, 0.15) is 29.3 Å². The molecular formula is C15H20ClNO2. The minimum Gasteiger partial charge on any atom is -0.379 e. The molecule has 3 nitrogen and oxygen atoms in total. The lowest BCUT2D eigenvalue weighted by atomic mass is 9.95. The van der Waals surface area contributed by atoms with Gasteiger partial charge >= 0.3 is 0 Å². The largest absolute Gasteiger partial charge is 0.379 e. The van der Waals surface area contributed by atoms with E-state index in [4.69, 9.17) is 16.3 Å². The van der Waals surface area contributed by atoms with Crippen molar-refractivity contribution in [2.45, 2.75) is 25.3 Å². The summed E-state index contributed by atoms with van der Waals surface area (Å²) in [6, 6.07) is 7.50. The third-order valence-electron chi connectivity index (χ3n) is 3.83. The van der Waals surface area contributed by atoms with E-state index in [1.165, 1.54) is 0 Å². The summed E-state index contributed by atoms with van der Waals surface area (Å²) in [6.45, 7) is 3.65. The first-order valence-corrected chi connectivity index (χ1v) is 7.16. The molecule has 0 spiro atoms. The molecule has 0 saturated carbocycles. The number of alkyl halides is 1. The molecule has 104 valence electrons. The predicted octanol–water partition coefficient (Wildman–Crippen LogP) is 2.92. The van der Waals surface area contributed by atoms with E-state index in [0.29, 0.717) is 18.3 Å². The zero-order valence-electron chi connectivity index (χ0n) is 11.4. The van der Waals surface area contributed by atoms with Crippen LogP contribution in [-0.4, -0.2) is 37.1 Å². The number of methoxy groups -OCH3 is 1. The number of benzene rings is 1. The molecule has 1 saturated heterocycles. The van der Waals surface area contributed by atoms with Crippen LogP contribution in [0.25, 0.3) is 0 Å². The second kappa shape index (κ2) is 6.40. The number of ether oxygens (including phenoxy) is 1. The molecule has 0 bridgehead atoms. The smallest absolute Gasteiger partial charge is 0.253 e. The van der Waals surface area contributed by atoms with Crippen molar-refractivity contribution in [3.8, 4) is 0 Å². The highest BCUT2D eigenvalue weighted by Gasteiger charge is 2.29. The molecule has 2 atom stereocenters. The molecule has 1 aromatic carbocycles. The van der Waals surface area contributed by atoms with E-state index in [1.54, 1.807) is 7.11 Å². The third-order valence-corrected chi connectivity index (χ3v) is 4.14. The topological polar surface area (TPSA) is 29.5 Å². The van der Waals surface area contributed by atoms with E-state index in [0.717, 1.165) is 24.1 Å². The van der Waals surface area contributed by atoms with Crippen LogP contribution in [0, 0.1) is 5.92 Å². The van der Waals surface area contributed by atoms with Crippen molar-refractivity contribution in [1.29, 1.82) is 0 Å². The molecule has 1 aromatic rings. The first-order valence-electron chi connectivity index (χ1n) is 6.62. The molecule has 2 rings (SSSR count). The van der Waals surface area contributed by atoms with Gasteiger partial charge < -0.3 is 9.64 Å². The van der Waals surface area contributed by atoms with E-state index in [-0.39, 0.29) is 12.0 Å². The van der Waals surface area contributed by atoms with Crippen LogP contribution in [0.3, 0.4) is 0 Å². The van der Waals surface area contributed by atoms with E-state index in [2.05, 4.69) is 6.92 Å². The number of carbonyl (C=O) groups is 1. The van der Waals surface area contributed by atoms with E-state index in [1.807, 2.05) is 29.2 Å². The number of rotatable bonds is 3. The standard InChI is InChI=1S/C15H20ClNO2/c1-11-7-8-17(10-14(11)19-2)15(18)13-5-3-12(9-16)4-6-13/h3-6,11,14H,7-10H2,1-2H3. The summed E-state index contributed by atoms with van der Waals surface area (Å²) < 4.78 is 5.44. The summed E-state index contributed by atoms with van der Waals surface area (Å²) in [5.41, 5.74) is 1.75. The van der Waals surface area contributed by atoms with Gasteiger partial charge in [-0.1, -0.05) is 19.1 Å². The van der Waals surface area contributed by atoms with Gasteiger partial charge in [-0.15, -0.1) is 11.6 Å². The lowest BCUT2D eigenvalue weighted by Gasteiger charge is -2.36. The SMILES string of the molecule is COC1CN(C(=O)c2ccc(CCl)cc2)CCC1C. The van der Waals surface area contributed by atoms with Crippen molar-refractivity contribution >= 4 is 17.5 Å². The Morgan fingerprint density at radius 2 is 2.11 bits per heavy atom. The summed E-state index contributed by atoms with van der Waals surface area (Å²) in [7, 11) is 1.71. The Kier molecular flexibility index (Phi) is 4.83. The van der Waals surface area contributed by atoms with Crippen molar-refractivity contribution in [1.82, 2.24) is 4.90 Å². The van der Waals surface area contributed by atoms with Crippen LogP contribution in [0.15, 0.2) is 24.3 Å². The molecule has 0 N–H and O–H groups in total. The first kappa shape index (κ1) is 14.4. The highest BCUT2D eigenvalue weighted by Crippen LogP contribution is 2.21. The van der Waals surface area contributed by atoms with E-state index >= 15 is 0 Å². The van der Waals surface area contributed by atoms with Gasteiger partial charge in [0, 0.05) is 31.6 Å². The Bertz CT molecular complexity index is 432. The third kappa shape index (κ3) is 3.28. The molecule has 1 aliphatic rings. The molecule has 1 heterocycles. The summed E-state index contributed by atoms with van der Waals surface area (Å²) in [4.78, 5) is 14.3. The van der Waals surface area contributed by atoms with Gasteiger partial charge in [0.1, 0.15) is 0 Å². The van der Waals surface area contributed by atoms with Crippen LogP contribution < -0.4 is 0 Å². The minimum absolute atomic E-state index is 0.0788. The van der Waals surface area contributed by atoms with Crippen molar-refractivity contribution in [3.05, 3.63) is 35.4 Å². The average molecular weight is 282 g/mol. The number of nitrogens with zero attached hydrogens (tertiary/aromatic N) is 1. The number of carbonyl (C=O) groups excluding carboxylic acids is 1. The van der Waals surface area contributed by atoms with Gasteiger partial charge in [0.05, 0.1) is 6.10 Å². The molecule has 0 aromatic heterocycles. The fraction of sp³-hybridized carbons (Fsp3) is 0.533. The van der Waals surface area contributed by atoms with Gasteiger partial charge in [-0.2, -0.15) is 0 Å². The molecular weight excluding hydrogens is 262 g/mol. The lowest BCUT2D eigenvalue weighted by Crippen LogP contribution is -2.46. The summed E-state index contributed by atoms with van der Waals surface area (Å²) in [5, 5.41) is 0. The molecule has 0 radical (unpaired) electrons. The molecule has 4 heteroatoms. The molecule has 1 fully saturated rings. The second-order valence-electron chi connectivity index (χ2n) is 5.12. The fourth-order valence-corrected chi connectivity index (χ4v) is 2.62. The quantitative estimate of drug-likeness (QED) is 0.797. The fourth-order valence-electron chi connectivity index (χ4n) is 2.44. The maximum Gasteiger partial charge on any atom is 0.253 e. The van der Waals surface area contributed by atoms with Crippen molar-refractivity contribution in [2.75, 3.05) is 20.2 Å². The van der Waals surface area contributed by atoms with Gasteiger partial charge in [0.2, 0.25) is 0 Å². The summed E-state index contributed by atoms with van der Waals surface area (Å²) >= 11 is 5.75. The van der Waals surface area contributed by atoms with Crippen LogP contribution in [-0.2, 0) is 10.6 Å². The van der Waals surface area contributed by atoms with Crippen LogP contribution in [0.5, 0.6) is 0 Å². The minimum atomic E-state index is 0.0788. The van der Waals surface area contributed by atoms with Crippen LogP contribution in [0.4, 0.5) is 0 Å². The van der Waals surface area contributed by atoms with Crippen LogP contribution >= 0.6 is 11.6 Å². The number of halogens is 1. The van der Waals surface area contributed by atoms with Gasteiger partial charge in [-0.25, -0.2) is 0 Å². The molecule has 2 unspecified atom stereocenters. The summed E-state index contributed by atoms with van der Waals surface area (Å²) in [5.74, 6) is 1.06. The number of piperidine rings is 1. The Morgan fingerprint density at radius 3 is 2.68 bits per heavy atom. The zero-order valence-corrected chi connectivity index (χ0v) is 12.2. The Morgan fingerprint density at radius 1 is 1.42 bits per heavy atom. The van der Waals surface area contributed by atoms with E-state index in [9.17, 15) is 4.79 Å². The molecule has 1 aliphatic heterocycles. The molecule has 19 heavy (non-hydrogen) atoms. The number of hydrogen-bond donors (Lipinski definition) is 0. The zero-order chi connectivity index (χ0) is 13.8. The first-order chi connectivity index (χ1) is 9.15. The lowest BCUT2D eigenvalue weighted by molar-refractivity contribution is -0.00156. The Labute approximate surface area is 119 Å². The molecule has 1 amide bonds. The van der Waals surface area contributed by atoms with Crippen molar-refractivity contribution in [3.63, 3.8) is 0 Å². The van der Waals surface area contributed by atoms with Gasteiger partial charge in [0.25, 0.3) is 5.91 Å². The highest BCUT2D eigenvalue weighted by atomic mass is 35.5. The molecule has 0 aliphatic carbocycles. The average Bonchev–Trinajstić information content (AvgIpc) is 2.47. The predicted molar refractivity (Wildman–Crippen MR) is 76.5 cm³/mol. The number of hydrogen-bond acceptors (Lipinski definition) is 2. The van der Waals surface area contributed by atoms with E-state index < -0.39 is 0 Å². The Hall–Kier alpha value is -1.06. The van der Waals surface area contributed by atoms with Gasteiger partial charge in [0.15, 0.2) is 0 Å². The second-order valence-corrected chi connectivity index (χ2v) is 5.39. The number of amides is 1. The normalized spacial score (nSPS) is 23.4. The number of likely N-dealkylation sites (tertiary alicyclic amines) is 1. The monoisotopic (exact) mass is 281 g/mol. The van der Waals surface area contributed by atoms with Crippen molar-refractivity contribution < 1.29 is 9.53 Å². The maximum atomic E-state index is 12.4. The summed E-state index contributed by atoms with van der Waals surface area (Å²) in [6.07, 6.45) is 1.13. The van der Waals surface area contributed by atoms with Crippen molar-refractivity contribution in [2.24, 2.45) is 5.92 Å².